The molecule has 26 heavy (non-hydrogen) atoms. The largest absolute Gasteiger partial charge is 0.477 e. The molecule has 1 aromatic carbocycles. The molecule has 0 spiro atoms. The van der Waals surface area contributed by atoms with Crippen LogP contribution in [0.25, 0.3) is 10.9 Å². The lowest BCUT2D eigenvalue weighted by Gasteiger charge is -2.32. The highest BCUT2D eigenvalue weighted by molar-refractivity contribution is 6.13. The standard InChI is InChI=1S/C19H18N4O3/c1-2-15-19(25)23(18-16(26-15)7-8-17(20)22-18)10-14(24)12-9-21-13-6-4-3-5-11(12)13/h3-9,15,21H,2,10H2,1H3,(H2,20,22). The maximum atomic E-state index is 12.9. The van der Waals surface area contributed by atoms with Gasteiger partial charge in [0.15, 0.2) is 23.5 Å². The fourth-order valence-corrected chi connectivity index (χ4v) is 3.16. The molecule has 0 saturated heterocycles. The maximum absolute atomic E-state index is 12.9. The number of carbonyl (C=O) groups excluding carboxylic acids is 2. The number of H-pyrrole nitrogens is 1. The third kappa shape index (κ3) is 2.57. The molecule has 1 amide bonds. The number of benzene rings is 1. The van der Waals surface area contributed by atoms with Crippen LogP contribution in [0.2, 0.25) is 0 Å². The Morgan fingerprint density at radius 1 is 1.31 bits per heavy atom. The molecule has 1 unspecified atom stereocenters. The van der Waals surface area contributed by atoms with Gasteiger partial charge in [0.2, 0.25) is 0 Å². The van der Waals surface area contributed by atoms with E-state index in [1.54, 1.807) is 18.3 Å². The van der Waals surface area contributed by atoms with E-state index in [0.29, 0.717) is 17.7 Å². The molecule has 3 heterocycles. The Morgan fingerprint density at radius 3 is 2.92 bits per heavy atom. The molecule has 4 rings (SSSR count). The third-order valence-electron chi connectivity index (χ3n) is 4.49. The third-order valence-corrected chi connectivity index (χ3v) is 4.49. The Labute approximate surface area is 149 Å². The number of para-hydroxylation sites is 1. The number of nitrogens with two attached hydrogens (primary N) is 1. The number of nitrogens with one attached hydrogen (secondary N) is 1. The molecule has 3 aromatic rings. The molecular weight excluding hydrogens is 332 g/mol. The minimum Gasteiger partial charge on any atom is -0.477 e. The molecule has 0 radical (unpaired) electrons. The highest BCUT2D eigenvalue weighted by atomic mass is 16.5. The van der Waals surface area contributed by atoms with Crippen molar-refractivity contribution in [1.29, 1.82) is 0 Å². The van der Waals surface area contributed by atoms with E-state index in [-0.39, 0.29) is 29.9 Å². The first-order valence-corrected chi connectivity index (χ1v) is 8.42. The number of aromatic amines is 1. The van der Waals surface area contributed by atoms with E-state index in [2.05, 4.69) is 9.97 Å². The minimum atomic E-state index is -0.635. The molecule has 7 heteroatoms. The number of nitrogens with zero attached hydrogens (tertiary/aromatic N) is 2. The van der Waals surface area contributed by atoms with Gasteiger partial charge in [0.05, 0.1) is 6.54 Å². The number of amides is 1. The van der Waals surface area contributed by atoms with Crippen LogP contribution in [-0.2, 0) is 4.79 Å². The van der Waals surface area contributed by atoms with Crippen LogP contribution >= 0.6 is 0 Å². The van der Waals surface area contributed by atoms with Gasteiger partial charge < -0.3 is 15.5 Å². The van der Waals surface area contributed by atoms with E-state index < -0.39 is 6.10 Å². The van der Waals surface area contributed by atoms with Gasteiger partial charge in [-0.2, -0.15) is 0 Å². The van der Waals surface area contributed by atoms with Crippen LogP contribution in [0.3, 0.4) is 0 Å². The topological polar surface area (TPSA) is 101 Å². The zero-order chi connectivity index (χ0) is 18.3. The van der Waals surface area contributed by atoms with Gasteiger partial charge in [-0.3, -0.25) is 14.5 Å². The van der Waals surface area contributed by atoms with Gasteiger partial charge >= 0.3 is 0 Å². The van der Waals surface area contributed by atoms with Crippen molar-refractivity contribution in [1.82, 2.24) is 9.97 Å². The second kappa shape index (κ2) is 6.18. The summed E-state index contributed by atoms with van der Waals surface area (Å²) in [7, 11) is 0. The molecule has 0 bridgehead atoms. The normalized spacial score (nSPS) is 16.4. The monoisotopic (exact) mass is 350 g/mol. The maximum Gasteiger partial charge on any atom is 0.269 e. The zero-order valence-corrected chi connectivity index (χ0v) is 14.2. The summed E-state index contributed by atoms with van der Waals surface area (Å²) in [6.45, 7) is 1.74. The van der Waals surface area contributed by atoms with Crippen molar-refractivity contribution >= 4 is 34.2 Å². The molecule has 7 nitrogen and oxygen atoms in total. The van der Waals surface area contributed by atoms with Crippen LogP contribution in [0.1, 0.15) is 23.7 Å². The molecule has 1 aliphatic rings. The van der Waals surface area contributed by atoms with Gasteiger partial charge in [0.25, 0.3) is 5.91 Å². The van der Waals surface area contributed by atoms with Crippen molar-refractivity contribution in [2.45, 2.75) is 19.4 Å². The SMILES string of the molecule is CCC1Oc2ccc(N)nc2N(CC(=O)c2c[nH]c3ccccc23)C1=O. The fraction of sp³-hybridized carbons (Fsp3) is 0.211. The fourth-order valence-electron chi connectivity index (χ4n) is 3.16. The summed E-state index contributed by atoms with van der Waals surface area (Å²) in [4.78, 5) is 34.3. The molecule has 1 aliphatic heterocycles. The van der Waals surface area contributed by atoms with Crippen LogP contribution in [0.15, 0.2) is 42.6 Å². The van der Waals surface area contributed by atoms with Crippen LogP contribution in [0.5, 0.6) is 5.75 Å². The second-order valence-electron chi connectivity index (χ2n) is 6.17. The van der Waals surface area contributed by atoms with Gasteiger partial charge in [-0.05, 0) is 24.6 Å². The Balaban J connectivity index is 1.71. The molecule has 132 valence electrons. The summed E-state index contributed by atoms with van der Waals surface area (Å²) in [5.74, 6) is 0.541. The van der Waals surface area contributed by atoms with Gasteiger partial charge in [0.1, 0.15) is 5.82 Å². The molecule has 0 aliphatic carbocycles. The molecule has 0 saturated carbocycles. The Kier molecular flexibility index (Phi) is 3.84. The van der Waals surface area contributed by atoms with Gasteiger partial charge in [-0.15, -0.1) is 0 Å². The number of Topliss-reactive ketones (excluding diaryl/α,β-unsaturated/α-hetero) is 1. The van der Waals surface area contributed by atoms with Gasteiger partial charge in [-0.25, -0.2) is 4.98 Å². The Morgan fingerprint density at radius 2 is 2.12 bits per heavy atom. The number of aromatic nitrogens is 2. The van der Waals surface area contributed by atoms with Crippen molar-refractivity contribution in [3.8, 4) is 5.75 Å². The lowest BCUT2D eigenvalue weighted by molar-refractivity contribution is -0.126. The molecule has 3 N–H and O–H groups in total. The average molecular weight is 350 g/mol. The number of rotatable bonds is 4. The zero-order valence-electron chi connectivity index (χ0n) is 14.2. The summed E-state index contributed by atoms with van der Waals surface area (Å²) >= 11 is 0. The summed E-state index contributed by atoms with van der Waals surface area (Å²) in [5, 5.41) is 0.825. The number of pyridine rings is 1. The summed E-state index contributed by atoms with van der Waals surface area (Å²) in [6.07, 6.45) is 1.53. The number of fused-ring (bicyclic) bond motifs is 2. The predicted octanol–water partition coefficient (Wildman–Crippen LogP) is 2.53. The van der Waals surface area contributed by atoms with E-state index in [4.69, 9.17) is 10.5 Å². The summed E-state index contributed by atoms with van der Waals surface area (Å²) in [6, 6.07) is 10.8. The number of hydrogen-bond acceptors (Lipinski definition) is 5. The summed E-state index contributed by atoms with van der Waals surface area (Å²) < 4.78 is 5.69. The number of hydrogen-bond donors (Lipinski definition) is 2. The first-order chi connectivity index (χ1) is 12.6. The first kappa shape index (κ1) is 16.1. The summed E-state index contributed by atoms with van der Waals surface area (Å²) in [5.41, 5.74) is 7.18. The molecule has 1 atom stereocenters. The smallest absolute Gasteiger partial charge is 0.269 e. The van der Waals surface area contributed by atoms with Crippen LogP contribution < -0.4 is 15.4 Å². The lowest BCUT2D eigenvalue weighted by Crippen LogP contribution is -2.48. The lowest BCUT2D eigenvalue weighted by atomic mass is 10.1. The number of anilines is 2. The van der Waals surface area contributed by atoms with Gasteiger partial charge in [0, 0.05) is 22.7 Å². The van der Waals surface area contributed by atoms with Crippen molar-refractivity contribution in [2.24, 2.45) is 0 Å². The highest BCUT2D eigenvalue weighted by Gasteiger charge is 2.36. The molecule has 0 fully saturated rings. The number of carbonyl (C=O) groups is 2. The van der Waals surface area contributed by atoms with Crippen LogP contribution in [0.4, 0.5) is 11.6 Å². The quantitative estimate of drug-likeness (QED) is 0.704. The molecule has 2 aromatic heterocycles. The average Bonchev–Trinajstić information content (AvgIpc) is 3.08. The van der Waals surface area contributed by atoms with Crippen molar-refractivity contribution in [3.63, 3.8) is 0 Å². The first-order valence-electron chi connectivity index (χ1n) is 8.42. The van der Waals surface area contributed by atoms with Gasteiger partial charge in [-0.1, -0.05) is 25.1 Å². The van der Waals surface area contributed by atoms with Crippen molar-refractivity contribution in [2.75, 3.05) is 17.2 Å². The van der Waals surface area contributed by atoms with Crippen LogP contribution in [-0.4, -0.2) is 34.3 Å². The second-order valence-corrected chi connectivity index (χ2v) is 6.17. The van der Waals surface area contributed by atoms with Crippen molar-refractivity contribution in [3.05, 3.63) is 48.2 Å². The molecular formula is C19H18N4O3. The van der Waals surface area contributed by atoms with E-state index >= 15 is 0 Å². The Bertz CT molecular complexity index is 1010. The number of ether oxygens (including phenoxy) is 1. The highest BCUT2D eigenvalue weighted by Crippen LogP contribution is 2.34. The van der Waals surface area contributed by atoms with E-state index in [1.165, 1.54) is 4.90 Å². The predicted molar refractivity (Wildman–Crippen MR) is 98.3 cm³/mol. The minimum absolute atomic E-state index is 0.121. The Hall–Kier alpha value is -3.35. The van der Waals surface area contributed by atoms with E-state index in [9.17, 15) is 9.59 Å². The number of nitrogen functional groups attached to an aromatic ring is 1. The van der Waals surface area contributed by atoms with E-state index in [0.717, 1.165) is 10.9 Å². The van der Waals surface area contributed by atoms with Crippen molar-refractivity contribution < 1.29 is 14.3 Å². The van der Waals surface area contributed by atoms with E-state index in [1.807, 2.05) is 31.2 Å². The number of ketones is 1. The van der Waals surface area contributed by atoms with Crippen LogP contribution in [0, 0.1) is 0 Å².